The van der Waals surface area contributed by atoms with Crippen molar-refractivity contribution < 1.29 is 19.8 Å². The van der Waals surface area contributed by atoms with Gasteiger partial charge in [-0.15, -0.1) is 0 Å². The number of carboxylic acid groups (broad SMARTS) is 1. The SMILES string of the molecule is Cc1nc(N2CC(CO)CC2=O)sc1C(=O)O. The van der Waals surface area contributed by atoms with Crippen molar-refractivity contribution >= 4 is 28.3 Å². The second-order valence-electron chi connectivity index (χ2n) is 3.97. The molecule has 0 aliphatic carbocycles. The van der Waals surface area contributed by atoms with Crippen LogP contribution in [0.2, 0.25) is 0 Å². The van der Waals surface area contributed by atoms with Crippen LogP contribution in [0.1, 0.15) is 21.8 Å². The number of carboxylic acids is 1. The van der Waals surface area contributed by atoms with Gasteiger partial charge < -0.3 is 10.2 Å². The van der Waals surface area contributed by atoms with Crippen LogP contribution in [0.4, 0.5) is 5.13 Å². The molecule has 1 atom stereocenters. The topological polar surface area (TPSA) is 90.7 Å². The molecular weight excluding hydrogens is 244 g/mol. The largest absolute Gasteiger partial charge is 0.477 e. The molecule has 1 aliphatic heterocycles. The Kier molecular flexibility index (Phi) is 3.12. The Morgan fingerprint density at radius 2 is 2.35 bits per heavy atom. The van der Waals surface area contributed by atoms with E-state index in [1.165, 1.54) is 4.90 Å². The van der Waals surface area contributed by atoms with Gasteiger partial charge in [-0.05, 0) is 6.92 Å². The van der Waals surface area contributed by atoms with Crippen LogP contribution in [0, 0.1) is 12.8 Å². The third-order valence-electron chi connectivity index (χ3n) is 2.67. The molecule has 0 spiro atoms. The van der Waals surface area contributed by atoms with Crippen molar-refractivity contribution in [1.29, 1.82) is 0 Å². The minimum absolute atomic E-state index is 0.0433. The van der Waals surface area contributed by atoms with Gasteiger partial charge in [-0.3, -0.25) is 9.69 Å². The highest BCUT2D eigenvalue weighted by molar-refractivity contribution is 7.17. The summed E-state index contributed by atoms with van der Waals surface area (Å²) in [7, 11) is 0. The summed E-state index contributed by atoms with van der Waals surface area (Å²) in [5, 5.41) is 18.3. The summed E-state index contributed by atoms with van der Waals surface area (Å²) in [4.78, 5) is 28.2. The van der Waals surface area contributed by atoms with Crippen molar-refractivity contribution in [3.8, 4) is 0 Å². The number of aliphatic hydroxyl groups is 1. The van der Waals surface area contributed by atoms with Gasteiger partial charge in [0, 0.05) is 25.5 Å². The fraction of sp³-hybridized carbons (Fsp3) is 0.500. The summed E-state index contributed by atoms with van der Waals surface area (Å²) in [6.45, 7) is 1.97. The summed E-state index contributed by atoms with van der Waals surface area (Å²) in [6, 6.07) is 0. The minimum Gasteiger partial charge on any atom is -0.477 e. The van der Waals surface area contributed by atoms with Gasteiger partial charge in [0.2, 0.25) is 5.91 Å². The maximum atomic E-state index is 11.7. The Bertz CT molecular complexity index is 471. The van der Waals surface area contributed by atoms with Crippen molar-refractivity contribution in [2.24, 2.45) is 5.92 Å². The maximum Gasteiger partial charge on any atom is 0.347 e. The maximum absolute atomic E-state index is 11.7. The van der Waals surface area contributed by atoms with E-state index in [-0.39, 0.29) is 29.7 Å². The normalized spacial score (nSPS) is 20.0. The van der Waals surface area contributed by atoms with Crippen LogP contribution in [-0.4, -0.2) is 40.2 Å². The van der Waals surface area contributed by atoms with E-state index in [2.05, 4.69) is 4.98 Å². The van der Waals surface area contributed by atoms with E-state index in [4.69, 9.17) is 10.2 Å². The molecule has 1 aliphatic rings. The first-order chi connectivity index (χ1) is 8.02. The smallest absolute Gasteiger partial charge is 0.347 e. The highest BCUT2D eigenvalue weighted by Gasteiger charge is 2.32. The van der Waals surface area contributed by atoms with Crippen LogP contribution in [0.25, 0.3) is 0 Å². The number of aromatic nitrogens is 1. The number of amides is 1. The molecule has 0 bridgehead atoms. The van der Waals surface area contributed by atoms with Gasteiger partial charge in [0.25, 0.3) is 0 Å². The Balaban J connectivity index is 2.26. The molecule has 1 aromatic rings. The van der Waals surface area contributed by atoms with Crippen LogP contribution in [0.5, 0.6) is 0 Å². The molecule has 2 heterocycles. The second kappa shape index (κ2) is 4.42. The van der Waals surface area contributed by atoms with E-state index in [0.717, 1.165) is 11.3 Å². The lowest BCUT2D eigenvalue weighted by Crippen LogP contribution is -2.24. The molecule has 1 aromatic heterocycles. The Labute approximate surface area is 102 Å². The van der Waals surface area contributed by atoms with Gasteiger partial charge in [-0.25, -0.2) is 9.78 Å². The van der Waals surface area contributed by atoms with E-state index in [0.29, 0.717) is 17.4 Å². The number of nitrogens with zero attached hydrogens (tertiary/aromatic N) is 2. The summed E-state index contributed by atoms with van der Waals surface area (Å²) < 4.78 is 0. The lowest BCUT2D eigenvalue weighted by atomic mass is 10.1. The fourth-order valence-electron chi connectivity index (χ4n) is 1.78. The zero-order chi connectivity index (χ0) is 12.6. The molecule has 6 nitrogen and oxygen atoms in total. The number of aliphatic hydroxyl groups excluding tert-OH is 1. The Morgan fingerprint density at radius 1 is 1.65 bits per heavy atom. The van der Waals surface area contributed by atoms with Gasteiger partial charge in [-0.2, -0.15) is 0 Å². The van der Waals surface area contributed by atoms with Crippen molar-refractivity contribution in [2.45, 2.75) is 13.3 Å². The van der Waals surface area contributed by atoms with Crippen LogP contribution in [0.3, 0.4) is 0 Å². The van der Waals surface area contributed by atoms with Crippen LogP contribution in [-0.2, 0) is 4.79 Å². The fourth-order valence-corrected chi connectivity index (χ4v) is 2.72. The molecule has 1 saturated heterocycles. The van der Waals surface area contributed by atoms with Crippen molar-refractivity contribution in [2.75, 3.05) is 18.1 Å². The van der Waals surface area contributed by atoms with Gasteiger partial charge >= 0.3 is 5.97 Å². The summed E-state index contributed by atoms with van der Waals surface area (Å²) >= 11 is 0.994. The number of carbonyl (C=O) groups excluding carboxylic acids is 1. The number of anilines is 1. The van der Waals surface area contributed by atoms with Gasteiger partial charge in [-0.1, -0.05) is 11.3 Å². The second-order valence-corrected chi connectivity index (χ2v) is 4.95. The van der Waals surface area contributed by atoms with E-state index >= 15 is 0 Å². The van der Waals surface area contributed by atoms with E-state index < -0.39 is 5.97 Å². The Hall–Kier alpha value is -1.47. The molecule has 1 unspecified atom stereocenters. The molecule has 2 N–H and O–H groups in total. The monoisotopic (exact) mass is 256 g/mol. The molecule has 7 heteroatoms. The summed E-state index contributed by atoms with van der Waals surface area (Å²) in [6.07, 6.45) is 0.289. The molecular formula is C10H12N2O4S. The van der Waals surface area contributed by atoms with Crippen LogP contribution >= 0.6 is 11.3 Å². The minimum atomic E-state index is -1.03. The number of aromatic carboxylic acids is 1. The first-order valence-corrected chi connectivity index (χ1v) is 5.96. The molecule has 1 fully saturated rings. The molecule has 0 saturated carbocycles. The zero-order valence-corrected chi connectivity index (χ0v) is 10.0. The first-order valence-electron chi connectivity index (χ1n) is 5.15. The zero-order valence-electron chi connectivity index (χ0n) is 9.21. The van der Waals surface area contributed by atoms with Crippen molar-refractivity contribution in [1.82, 2.24) is 4.98 Å². The number of hydrogen-bond acceptors (Lipinski definition) is 5. The van der Waals surface area contributed by atoms with Crippen LogP contribution < -0.4 is 4.90 Å². The molecule has 0 radical (unpaired) electrons. The third kappa shape index (κ3) is 2.16. The lowest BCUT2D eigenvalue weighted by Gasteiger charge is -2.11. The average Bonchev–Trinajstić information content (AvgIpc) is 2.81. The van der Waals surface area contributed by atoms with Gasteiger partial charge in [0.15, 0.2) is 5.13 Å². The molecule has 0 aromatic carbocycles. The van der Waals surface area contributed by atoms with Gasteiger partial charge in [0.05, 0.1) is 5.69 Å². The standard InChI is InChI=1S/C10H12N2O4S/c1-5-8(9(15)16)17-10(11-5)12-3-6(4-13)2-7(12)14/h6,13H,2-4H2,1H3,(H,15,16). The number of thiazole rings is 1. The first kappa shape index (κ1) is 12.0. The number of hydrogen-bond donors (Lipinski definition) is 2. The quantitative estimate of drug-likeness (QED) is 0.821. The predicted molar refractivity (Wildman–Crippen MR) is 61.4 cm³/mol. The molecule has 17 heavy (non-hydrogen) atoms. The number of rotatable bonds is 3. The number of aryl methyl sites for hydroxylation is 1. The summed E-state index contributed by atoms with van der Waals surface area (Å²) in [5.74, 6) is -1.23. The van der Waals surface area contributed by atoms with E-state index in [9.17, 15) is 9.59 Å². The number of carbonyl (C=O) groups is 2. The van der Waals surface area contributed by atoms with Gasteiger partial charge in [0.1, 0.15) is 4.88 Å². The molecule has 2 rings (SSSR count). The van der Waals surface area contributed by atoms with Crippen molar-refractivity contribution in [3.63, 3.8) is 0 Å². The average molecular weight is 256 g/mol. The van der Waals surface area contributed by atoms with E-state index in [1.54, 1.807) is 6.92 Å². The summed E-state index contributed by atoms with van der Waals surface area (Å²) in [5.41, 5.74) is 0.415. The van der Waals surface area contributed by atoms with E-state index in [1.807, 2.05) is 0 Å². The van der Waals surface area contributed by atoms with Crippen LogP contribution in [0.15, 0.2) is 0 Å². The molecule has 1 amide bonds. The van der Waals surface area contributed by atoms with Crippen molar-refractivity contribution in [3.05, 3.63) is 10.6 Å². The highest BCUT2D eigenvalue weighted by Crippen LogP contribution is 2.30. The lowest BCUT2D eigenvalue weighted by molar-refractivity contribution is -0.117. The Morgan fingerprint density at radius 3 is 2.82 bits per heavy atom. The predicted octanol–water partition coefficient (Wildman–Crippen LogP) is 0.495. The molecule has 92 valence electrons. The third-order valence-corrected chi connectivity index (χ3v) is 3.84. The highest BCUT2D eigenvalue weighted by atomic mass is 32.1.